The van der Waals surface area contributed by atoms with Crippen LogP contribution in [0.15, 0.2) is 66.7 Å². The number of fused-ring (bicyclic) bond motifs is 4. The molecule has 2 heterocycles. The Kier molecular flexibility index (Phi) is 3.81. The van der Waals surface area contributed by atoms with Crippen molar-refractivity contribution < 1.29 is 19.1 Å². The highest BCUT2D eigenvalue weighted by molar-refractivity contribution is 6.27. The average Bonchev–Trinajstić information content (AvgIpc) is 3.12. The van der Waals surface area contributed by atoms with E-state index >= 15 is 0 Å². The maximum Gasteiger partial charge on any atom is 0.265 e. The molecule has 0 saturated heterocycles. The Labute approximate surface area is 167 Å². The monoisotopic (exact) mass is 386 g/mol. The van der Waals surface area contributed by atoms with Gasteiger partial charge in [-0.3, -0.25) is 14.5 Å². The van der Waals surface area contributed by atoms with Crippen molar-refractivity contribution >= 4 is 28.8 Å². The number of ketones is 1. The van der Waals surface area contributed by atoms with E-state index in [9.17, 15) is 9.59 Å². The molecule has 1 atom stereocenters. The molecule has 2 aliphatic heterocycles. The largest absolute Gasteiger partial charge is 0.493 e. The number of benzene rings is 3. The van der Waals surface area contributed by atoms with Crippen LogP contribution in [0, 0.1) is 0 Å². The predicted molar refractivity (Wildman–Crippen MR) is 109 cm³/mol. The summed E-state index contributed by atoms with van der Waals surface area (Å²) in [6.07, 6.45) is -0.784. The highest BCUT2D eigenvalue weighted by atomic mass is 16.5. The molecule has 1 unspecified atom stereocenters. The third-order valence-electron chi connectivity index (χ3n) is 5.40. The van der Waals surface area contributed by atoms with Crippen LogP contribution in [0.4, 0.5) is 17.1 Å². The van der Waals surface area contributed by atoms with Gasteiger partial charge in [-0.25, -0.2) is 0 Å². The SMILES string of the molecule is COc1ccc2c(c1OC)C(=O)N1c3ccccc3N(c3ccccc3)C1C2=O. The van der Waals surface area contributed by atoms with Crippen LogP contribution in [0.1, 0.15) is 20.7 Å². The van der Waals surface area contributed by atoms with Crippen molar-refractivity contribution in [3.63, 3.8) is 0 Å². The maximum absolute atomic E-state index is 13.6. The van der Waals surface area contributed by atoms with Crippen molar-refractivity contribution in [3.05, 3.63) is 77.9 Å². The van der Waals surface area contributed by atoms with Crippen LogP contribution in [0.5, 0.6) is 11.5 Å². The first-order chi connectivity index (χ1) is 14.2. The van der Waals surface area contributed by atoms with Crippen LogP contribution in [-0.2, 0) is 0 Å². The normalized spacial score (nSPS) is 17.0. The third kappa shape index (κ3) is 2.29. The van der Waals surface area contributed by atoms with Gasteiger partial charge in [0.1, 0.15) is 0 Å². The number of nitrogens with zero attached hydrogens (tertiary/aromatic N) is 2. The topological polar surface area (TPSA) is 59.1 Å². The van der Waals surface area contributed by atoms with Crippen LogP contribution in [0.2, 0.25) is 0 Å². The lowest BCUT2D eigenvalue weighted by Crippen LogP contribution is -2.53. The quantitative estimate of drug-likeness (QED) is 0.680. The van der Waals surface area contributed by atoms with E-state index in [2.05, 4.69) is 0 Å². The number of para-hydroxylation sites is 3. The number of Topliss-reactive ketones (excluding diaryl/α,β-unsaturated/α-hetero) is 1. The molecule has 2 aliphatic rings. The van der Waals surface area contributed by atoms with E-state index in [1.54, 1.807) is 17.0 Å². The van der Waals surface area contributed by atoms with Crippen molar-refractivity contribution in [2.45, 2.75) is 6.17 Å². The minimum atomic E-state index is -0.784. The lowest BCUT2D eigenvalue weighted by Gasteiger charge is -2.35. The average molecular weight is 386 g/mol. The molecule has 0 N–H and O–H groups in total. The fraction of sp³-hybridized carbons (Fsp3) is 0.130. The number of anilines is 3. The molecule has 0 aliphatic carbocycles. The Hall–Kier alpha value is -3.80. The maximum atomic E-state index is 13.6. The fourth-order valence-corrected chi connectivity index (χ4v) is 4.18. The summed E-state index contributed by atoms with van der Waals surface area (Å²) in [5.74, 6) is 0.238. The van der Waals surface area contributed by atoms with Gasteiger partial charge in [-0.05, 0) is 36.4 Å². The van der Waals surface area contributed by atoms with Crippen molar-refractivity contribution in [3.8, 4) is 11.5 Å². The Balaban J connectivity index is 1.77. The van der Waals surface area contributed by atoms with Crippen molar-refractivity contribution in [1.82, 2.24) is 0 Å². The molecule has 5 rings (SSSR count). The van der Waals surface area contributed by atoms with Gasteiger partial charge in [0.15, 0.2) is 17.7 Å². The first-order valence-electron chi connectivity index (χ1n) is 9.23. The van der Waals surface area contributed by atoms with Crippen LogP contribution in [0.25, 0.3) is 0 Å². The number of hydrogen-bond acceptors (Lipinski definition) is 5. The number of carbonyl (C=O) groups excluding carboxylic acids is 2. The Morgan fingerprint density at radius 2 is 1.41 bits per heavy atom. The summed E-state index contributed by atoms with van der Waals surface area (Å²) in [6, 6.07) is 20.5. The van der Waals surface area contributed by atoms with Gasteiger partial charge in [0.2, 0.25) is 5.78 Å². The number of rotatable bonds is 3. The van der Waals surface area contributed by atoms with E-state index in [1.807, 2.05) is 59.5 Å². The molecular formula is C23H18N2O4. The summed E-state index contributed by atoms with van der Waals surface area (Å²) in [4.78, 5) is 30.7. The second kappa shape index (κ2) is 6.38. The zero-order valence-corrected chi connectivity index (χ0v) is 16.0. The molecule has 3 aromatic carbocycles. The Bertz CT molecular complexity index is 1140. The van der Waals surface area contributed by atoms with Gasteiger partial charge in [0.05, 0.1) is 31.2 Å². The van der Waals surface area contributed by atoms with E-state index in [4.69, 9.17) is 9.47 Å². The molecule has 1 amide bonds. The summed E-state index contributed by atoms with van der Waals surface area (Å²) < 4.78 is 10.8. The van der Waals surface area contributed by atoms with Gasteiger partial charge in [-0.15, -0.1) is 0 Å². The van der Waals surface area contributed by atoms with E-state index in [1.165, 1.54) is 14.2 Å². The lowest BCUT2D eigenvalue weighted by molar-refractivity contribution is 0.0873. The Morgan fingerprint density at radius 3 is 2.07 bits per heavy atom. The molecule has 0 radical (unpaired) electrons. The number of amides is 1. The first-order valence-corrected chi connectivity index (χ1v) is 9.23. The van der Waals surface area contributed by atoms with Gasteiger partial charge in [-0.1, -0.05) is 30.3 Å². The summed E-state index contributed by atoms with van der Waals surface area (Å²) in [5, 5.41) is 0. The van der Waals surface area contributed by atoms with Crippen LogP contribution in [0.3, 0.4) is 0 Å². The molecule has 144 valence electrons. The van der Waals surface area contributed by atoms with Crippen molar-refractivity contribution in [1.29, 1.82) is 0 Å². The molecular weight excluding hydrogens is 368 g/mol. The van der Waals surface area contributed by atoms with E-state index in [-0.39, 0.29) is 23.0 Å². The van der Waals surface area contributed by atoms with Gasteiger partial charge < -0.3 is 14.4 Å². The summed E-state index contributed by atoms with van der Waals surface area (Å²) in [6.45, 7) is 0. The zero-order chi connectivity index (χ0) is 20.1. The van der Waals surface area contributed by atoms with Gasteiger partial charge in [0.25, 0.3) is 5.91 Å². The highest BCUT2D eigenvalue weighted by Crippen LogP contribution is 2.49. The summed E-state index contributed by atoms with van der Waals surface area (Å²) in [7, 11) is 2.97. The van der Waals surface area contributed by atoms with Crippen LogP contribution < -0.4 is 19.3 Å². The predicted octanol–water partition coefficient (Wildman–Crippen LogP) is 4.02. The number of ether oxygens (including phenoxy) is 2. The van der Waals surface area contributed by atoms with Crippen LogP contribution >= 0.6 is 0 Å². The summed E-state index contributed by atoms with van der Waals surface area (Å²) in [5.41, 5.74) is 2.91. The zero-order valence-electron chi connectivity index (χ0n) is 16.0. The van der Waals surface area contributed by atoms with E-state index in [0.29, 0.717) is 17.0 Å². The second-order valence-corrected chi connectivity index (χ2v) is 6.83. The molecule has 3 aromatic rings. The Morgan fingerprint density at radius 1 is 0.759 bits per heavy atom. The number of methoxy groups -OCH3 is 2. The van der Waals surface area contributed by atoms with Crippen molar-refractivity contribution in [2.24, 2.45) is 0 Å². The fourth-order valence-electron chi connectivity index (χ4n) is 4.18. The number of carbonyl (C=O) groups is 2. The van der Waals surface area contributed by atoms with E-state index in [0.717, 1.165) is 11.4 Å². The molecule has 0 spiro atoms. The van der Waals surface area contributed by atoms with Gasteiger partial charge >= 0.3 is 0 Å². The molecule has 29 heavy (non-hydrogen) atoms. The number of hydrogen-bond donors (Lipinski definition) is 0. The molecule has 6 nitrogen and oxygen atoms in total. The van der Waals surface area contributed by atoms with Gasteiger partial charge in [-0.2, -0.15) is 0 Å². The molecule has 0 saturated carbocycles. The van der Waals surface area contributed by atoms with Crippen molar-refractivity contribution in [2.75, 3.05) is 24.0 Å². The first kappa shape index (κ1) is 17.3. The molecule has 0 fully saturated rings. The van der Waals surface area contributed by atoms with Gasteiger partial charge in [0, 0.05) is 11.3 Å². The molecule has 6 heteroatoms. The third-order valence-corrected chi connectivity index (χ3v) is 5.40. The van der Waals surface area contributed by atoms with Crippen LogP contribution in [-0.4, -0.2) is 32.1 Å². The highest BCUT2D eigenvalue weighted by Gasteiger charge is 2.50. The minimum absolute atomic E-state index is 0.166. The standard InChI is InChI=1S/C23H18N2O4/c1-28-18-13-12-15-19(21(18)29-2)23(27)25-17-11-7-6-10-16(17)24(22(25)20(15)26)14-8-4-3-5-9-14/h3-13,22H,1-2H3. The summed E-state index contributed by atoms with van der Waals surface area (Å²) >= 11 is 0. The second-order valence-electron chi connectivity index (χ2n) is 6.83. The lowest BCUT2D eigenvalue weighted by atomic mass is 9.94. The molecule has 0 aromatic heterocycles. The molecule has 0 bridgehead atoms. The smallest absolute Gasteiger partial charge is 0.265 e. The van der Waals surface area contributed by atoms with E-state index < -0.39 is 6.17 Å². The minimum Gasteiger partial charge on any atom is -0.493 e.